The first kappa shape index (κ1) is 26.2. The zero-order chi connectivity index (χ0) is 26.0. The number of alkyl halides is 2. The van der Waals surface area contributed by atoms with Gasteiger partial charge in [0, 0.05) is 28.9 Å². The van der Waals surface area contributed by atoms with Crippen molar-refractivity contribution in [3.05, 3.63) is 40.3 Å². The molecule has 2 N–H and O–H groups in total. The number of nitrogens with two attached hydrogens (primary N) is 1. The van der Waals surface area contributed by atoms with Crippen molar-refractivity contribution >= 4 is 22.3 Å². The number of fused-ring (bicyclic) bond motifs is 1. The van der Waals surface area contributed by atoms with Crippen molar-refractivity contribution < 1.29 is 13.5 Å². The third-order valence-electron chi connectivity index (χ3n) is 6.26. The van der Waals surface area contributed by atoms with Crippen molar-refractivity contribution in [1.29, 1.82) is 0 Å². The van der Waals surface area contributed by atoms with Gasteiger partial charge in [-0.3, -0.25) is 4.90 Å². The average molecular weight is 518 g/mol. The van der Waals surface area contributed by atoms with Crippen LogP contribution in [-0.4, -0.2) is 57.7 Å². The SMILES string of the molecule is CCN(Cc1nc(C)c(C(C)C)c(N2CCOc3c(C)cc(-c4nnc(N)s4)cc3C2)n1)CC(F)F. The number of hydrogen-bond acceptors (Lipinski definition) is 9. The second-order valence-corrected chi connectivity index (χ2v) is 10.3. The Hall–Kier alpha value is -2.92. The predicted molar refractivity (Wildman–Crippen MR) is 139 cm³/mol. The normalized spacial score (nSPS) is 13.9. The summed E-state index contributed by atoms with van der Waals surface area (Å²) >= 11 is 1.35. The molecule has 0 spiro atoms. The van der Waals surface area contributed by atoms with E-state index in [2.05, 4.69) is 35.0 Å². The van der Waals surface area contributed by atoms with Crippen LogP contribution >= 0.6 is 11.3 Å². The standard InChI is InChI=1S/C25H33F2N7OS/c1-6-33(12-19(26)27)13-20-29-16(5)21(14(2)3)23(30-20)34-7-8-35-22-15(4)9-17(10-18(22)11-34)24-31-32-25(28)36-24/h9-10,14,19H,6-8,11-13H2,1-5H3,(H2,28,32). The summed E-state index contributed by atoms with van der Waals surface area (Å²) in [7, 11) is 0. The molecule has 0 saturated heterocycles. The van der Waals surface area contributed by atoms with Gasteiger partial charge < -0.3 is 15.4 Å². The molecular weight excluding hydrogens is 484 g/mol. The quantitative estimate of drug-likeness (QED) is 0.455. The summed E-state index contributed by atoms with van der Waals surface area (Å²) in [6.07, 6.45) is -2.40. The van der Waals surface area contributed by atoms with Crippen molar-refractivity contribution in [3.8, 4) is 16.3 Å². The first-order valence-electron chi connectivity index (χ1n) is 12.1. The fourth-order valence-electron chi connectivity index (χ4n) is 4.68. The zero-order valence-corrected chi connectivity index (χ0v) is 22.2. The smallest absolute Gasteiger partial charge is 0.251 e. The zero-order valence-electron chi connectivity index (χ0n) is 21.4. The number of ether oxygens (including phenoxy) is 1. The Morgan fingerprint density at radius 3 is 2.61 bits per heavy atom. The van der Waals surface area contributed by atoms with Crippen LogP contribution in [0.5, 0.6) is 5.75 Å². The molecule has 1 aromatic carbocycles. The van der Waals surface area contributed by atoms with E-state index in [1.54, 1.807) is 4.90 Å². The Morgan fingerprint density at radius 2 is 1.97 bits per heavy atom. The summed E-state index contributed by atoms with van der Waals surface area (Å²) in [5.41, 5.74) is 10.7. The number of rotatable bonds is 8. The first-order chi connectivity index (χ1) is 17.2. The van der Waals surface area contributed by atoms with Gasteiger partial charge in [-0.1, -0.05) is 32.1 Å². The van der Waals surface area contributed by atoms with E-state index in [0.717, 1.165) is 44.5 Å². The first-order valence-corrected chi connectivity index (χ1v) is 13.0. The van der Waals surface area contributed by atoms with Gasteiger partial charge in [0.1, 0.15) is 29.0 Å². The highest BCUT2D eigenvalue weighted by atomic mass is 32.1. The third kappa shape index (κ3) is 5.73. The maximum atomic E-state index is 13.0. The fraction of sp³-hybridized carbons (Fsp3) is 0.520. The lowest BCUT2D eigenvalue weighted by Crippen LogP contribution is -2.31. The molecule has 11 heteroatoms. The molecule has 0 amide bonds. The van der Waals surface area contributed by atoms with Crippen molar-refractivity contribution in [3.63, 3.8) is 0 Å². The molecule has 2 aromatic heterocycles. The molecular formula is C25H33F2N7OS. The number of aryl methyl sites for hydroxylation is 2. The number of anilines is 2. The largest absolute Gasteiger partial charge is 0.491 e. The number of aromatic nitrogens is 4. The molecule has 4 rings (SSSR count). The van der Waals surface area contributed by atoms with Gasteiger partial charge in [0.05, 0.1) is 19.6 Å². The fourth-order valence-corrected chi connectivity index (χ4v) is 5.28. The molecule has 0 unspecified atom stereocenters. The number of nitrogen functional groups attached to an aromatic ring is 1. The third-order valence-corrected chi connectivity index (χ3v) is 7.06. The van der Waals surface area contributed by atoms with Gasteiger partial charge in [-0.25, -0.2) is 18.7 Å². The second-order valence-electron chi connectivity index (χ2n) is 9.33. The van der Waals surface area contributed by atoms with Crippen LogP contribution in [-0.2, 0) is 13.1 Å². The number of hydrogen-bond donors (Lipinski definition) is 1. The van der Waals surface area contributed by atoms with Gasteiger partial charge in [-0.2, -0.15) is 0 Å². The minimum absolute atomic E-state index is 0.193. The van der Waals surface area contributed by atoms with Crippen molar-refractivity contribution in [2.24, 2.45) is 0 Å². The van der Waals surface area contributed by atoms with E-state index in [4.69, 9.17) is 20.4 Å². The lowest BCUT2D eigenvalue weighted by molar-refractivity contribution is 0.0862. The van der Waals surface area contributed by atoms with E-state index >= 15 is 0 Å². The summed E-state index contributed by atoms with van der Waals surface area (Å²) in [6.45, 7) is 12.3. The van der Waals surface area contributed by atoms with Crippen LogP contribution in [0.1, 0.15) is 54.9 Å². The van der Waals surface area contributed by atoms with Crippen LogP contribution < -0.4 is 15.4 Å². The summed E-state index contributed by atoms with van der Waals surface area (Å²) in [6, 6.07) is 4.12. The average Bonchev–Trinajstić information content (AvgIpc) is 3.12. The Labute approximate surface area is 214 Å². The van der Waals surface area contributed by atoms with Crippen molar-refractivity contribution in [2.45, 2.75) is 60.1 Å². The molecule has 1 aliphatic heterocycles. The van der Waals surface area contributed by atoms with Crippen LogP contribution in [0.2, 0.25) is 0 Å². The summed E-state index contributed by atoms with van der Waals surface area (Å²) in [4.78, 5) is 13.5. The predicted octanol–water partition coefficient (Wildman–Crippen LogP) is 4.80. The van der Waals surface area contributed by atoms with Gasteiger partial charge >= 0.3 is 0 Å². The van der Waals surface area contributed by atoms with E-state index in [9.17, 15) is 8.78 Å². The molecule has 0 bridgehead atoms. The van der Waals surface area contributed by atoms with Crippen LogP contribution in [0.15, 0.2) is 12.1 Å². The minimum atomic E-state index is -2.40. The summed E-state index contributed by atoms with van der Waals surface area (Å²) in [5.74, 6) is 2.44. The maximum Gasteiger partial charge on any atom is 0.251 e. The lowest BCUT2D eigenvalue weighted by atomic mass is 10.0. The van der Waals surface area contributed by atoms with Gasteiger partial charge in [-0.05, 0) is 44.0 Å². The van der Waals surface area contributed by atoms with Crippen molar-refractivity contribution in [2.75, 3.05) is 36.9 Å². The molecule has 1 aliphatic rings. The topological polar surface area (TPSA) is 93.3 Å². The molecule has 36 heavy (non-hydrogen) atoms. The van der Waals surface area contributed by atoms with Gasteiger partial charge in [-0.15, -0.1) is 10.2 Å². The number of halogens is 2. The number of benzene rings is 1. The van der Waals surface area contributed by atoms with Crippen LogP contribution in [0, 0.1) is 13.8 Å². The molecule has 0 radical (unpaired) electrons. The second kappa shape index (κ2) is 11.0. The molecule has 194 valence electrons. The Kier molecular flexibility index (Phi) is 7.99. The molecule has 0 atom stereocenters. The van der Waals surface area contributed by atoms with Crippen LogP contribution in [0.25, 0.3) is 10.6 Å². The highest BCUT2D eigenvalue weighted by Gasteiger charge is 2.25. The Balaban J connectivity index is 1.73. The van der Waals surface area contributed by atoms with Crippen LogP contribution in [0.4, 0.5) is 19.7 Å². The lowest BCUT2D eigenvalue weighted by Gasteiger charge is -2.27. The molecule has 0 fully saturated rings. The summed E-state index contributed by atoms with van der Waals surface area (Å²) < 4.78 is 32.3. The van der Waals surface area contributed by atoms with E-state index in [1.807, 2.05) is 26.8 Å². The Bertz CT molecular complexity index is 1220. The monoisotopic (exact) mass is 517 g/mol. The van der Waals surface area contributed by atoms with Crippen LogP contribution in [0.3, 0.4) is 0 Å². The van der Waals surface area contributed by atoms with E-state index in [1.165, 1.54) is 11.3 Å². The van der Waals surface area contributed by atoms with Gasteiger partial charge in [0.25, 0.3) is 6.43 Å². The molecule has 3 heterocycles. The highest BCUT2D eigenvalue weighted by molar-refractivity contribution is 7.18. The summed E-state index contributed by atoms with van der Waals surface area (Å²) in [5, 5.41) is 9.34. The van der Waals surface area contributed by atoms with E-state index in [-0.39, 0.29) is 19.0 Å². The molecule has 0 aliphatic carbocycles. The van der Waals surface area contributed by atoms with Gasteiger partial charge in [0.2, 0.25) is 5.13 Å². The number of nitrogens with zero attached hydrogens (tertiary/aromatic N) is 6. The molecule has 0 saturated carbocycles. The minimum Gasteiger partial charge on any atom is -0.491 e. The van der Waals surface area contributed by atoms with E-state index < -0.39 is 6.43 Å². The van der Waals surface area contributed by atoms with Crippen molar-refractivity contribution in [1.82, 2.24) is 25.1 Å². The van der Waals surface area contributed by atoms with E-state index in [0.29, 0.717) is 37.2 Å². The van der Waals surface area contributed by atoms with Gasteiger partial charge in [0.15, 0.2) is 0 Å². The highest BCUT2D eigenvalue weighted by Crippen LogP contribution is 2.37. The maximum absolute atomic E-state index is 13.0. The molecule has 3 aromatic rings. The Morgan fingerprint density at radius 1 is 1.19 bits per heavy atom. The molecule has 8 nitrogen and oxygen atoms in total.